The maximum absolute atomic E-state index is 13.5. The zero-order valence-electron chi connectivity index (χ0n) is 16.8. The first-order valence-electron chi connectivity index (χ1n) is 9.84. The first kappa shape index (κ1) is 20.6. The van der Waals surface area contributed by atoms with Crippen LogP contribution in [-0.4, -0.2) is 41.4 Å². The quantitative estimate of drug-likeness (QED) is 0.823. The molecule has 28 heavy (non-hydrogen) atoms. The van der Waals surface area contributed by atoms with Gasteiger partial charge in [-0.3, -0.25) is 9.69 Å². The summed E-state index contributed by atoms with van der Waals surface area (Å²) >= 11 is 0. The average molecular weight is 388 g/mol. The Bertz CT molecular complexity index is 855. The number of benzene rings is 1. The number of aryl methyl sites for hydroxylation is 1. The molecule has 0 bridgehead atoms. The summed E-state index contributed by atoms with van der Waals surface area (Å²) in [5.41, 5.74) is 1.63. The van der Waals surface area contributed by atoms with Crippen molar-refractivity contribution in [3.05, 3.63) is 63.3 Å². The molecule has 0 aliphatic carbocycles. The van der Waals surface area contributed by atoms with Crippen LogP contribution >= 0.6 is 0 Å². The SMILES string of the molecule is COCCn1c(C)cc(O)c([C@H](c2ccc(F)cc2)N2CCC(C)CC2)c1=O. The lowest BCUT2D eigenvalue weighted by molar-refractivity contribution is 0.154. The van der Waals surface area contributed by atoms with Gasteiger partial charge in [0.05, 0.1) is 18.2 Å². The first-order valence-corrected chi connectivity index (χ1v) is 9.84. The fourth-order valence-corrected chi connectivity index (χ4v) is 3.98. The van der Waals surface area contributed by atoms with Crippen molar-refractivity contribution in [1.82, 2.24) is 9.47 Å². The van der Waals surface area contributed by atoms with Gasteiger partial charge >= 0.3 is 0 Å². The molecule has 1 aromatic heterocycles. The van der Waals surface area contributed by atoms with Gasteiger partial charge < -0.3 is 14.4 Å². The summed E-state index contributed by atoms with van der Waals surface area (Å²) in [5.74, 6) is 0.305. The average Bonchev–Trinajstić information content (AvgIpc) is 2.67. The number of aromatic hydroxyl groups is 1. The van der Waals surface area contributed by atoms with Crippen LogP contribution in [0.25, 0.3) is 0 Å². The van der Waals surface area contributed by atoms with E-state index in [1.165, 1.54) is 12.1 Å². The summed E-state index contributed by atoms with van der Waals surface area (Å²) in [6, 6.07) is 7.45. The maximum Gasteiger partial charge on any atom is 0.259 e. The number of methoxy groups -OCH3 is 1. The Labute approximate surface area is 165 Å². The smallest absolute Gasteiger partial charge is 0.259 e. The van der Waals surface area contributed by atoms with Gasteiger partial charge in [0.2, 0.25) is 0 Å². The van der Waals surface area contributed by atoms with Crippen molar-refractivity contribution < 1.29 is 14.2 Å². The molecule has 6 heteroatoms. The maximum atomic E-state index is 13.5. The second-order valence-corrected chi connectivity index (χ2v) is 7.71. The van der Waals surface area contributed by atoms with Crippen molar-refractivity contribution >= 4 is 0 Å². The third-order valence-corrected chi connectivity index (χ3v) is 5.68. The Morgan fingerprint density at radius 2 is 1.89 bits per heavy atom. The lowest BCUT2D eigenvalue weighted by atomic mass is 9.92. The number of rotatable bonds is 6. The molecule has 0 spiro atoms. The number of ether oxygens (including phenoxy) is 1. The molecule has 1 aromatic carbocycles. The van der Waals surface area contributed by atoms with Gasteiger partial charge in [-0.1, -0.05) is 19.1 Å². The zero-order chi connectivity index (χ0) is 20.3. The summed E-state index contributed by atoms with van der Waals surface area (Å²) in [5, 5.41) is 10.7. The van der Waals surface area contributed by atoms with E-state index in [2.05, 4.69) is 11.8 Å². The molecule has 1 aliphatic heterocycles. The molecule has 1 aliphatic rings. The molecule has 3 rings (SSSR count). The van der Waals surface area contributed by atoms with Crippen LogP contribution in [-0.2, 0) is 11.3 Å². The van der Waals surface area contributed by atoms with Crippen LogP contribution in [0.5, 0.6) is 5.75 Å². The van der Waals surface area contributed by atoms with E-state index < -0.39 is 6.04 Å². The molecule has 1 atom stereocenters. The van der Waals surface area contributed by atoms with Crippen LogP contribution in [0.1, 0.15) is 42.6 Å². The number of halogens is 1. The summed E-state index contributed by atoms with van der Waals surface area (Å²) < 4.78 is 20.3. The van der Waals surface area contributed by atoms with Crippen molar-refractivity contribution in [3.8, 4) is 5.75 Å². The van der Waals surface area contributed by atoms with Crippen molar-refractivity contribution in [2.45, 2.75) is 39.3 Å². The van der Waals surface area contributed by atoms with Crippen LogP contribution in [0.15, 0.2) is 35.1 Å². The Morgan fingerprint density at radius 3 is 2.50 bits per heavy atom. The molecule has 2 aromatic rings. The van der Waals surface area contributed by atoms with Gasteiger partial charge in [-0.05, 0) is 62.5 Å². The van der Waals surface area contributed by atoms with Crippen molar-refractivity contribution in [2.75, 3.05) is 26.8 Å². The van der Waals surface area contributed by atoms with Gasteiger partial charge in [-0.25, -0.2) is 4.39 Å². The Balaban J connectivity index is 2.12. The minimum atomic E-state index is -0.407. The molecule has 1 N–H and O–H groups in total. The summed E-state index contributed by atoms with van der Waals surface area (Å²) in [7, 11) is 1.60. The van der Waals surface area contributed by atoms with E-state index >= 15 is 0 Å². The third kappa shape index (κ3) is 4.28. The summed E-state index contributed by atoms with van der Waals surface area (Å²) in [6.45, 7) is 6.51. The van der Waals surface area contributed by atoms with Gasteiger partial charge in [0.1, 0.15) is 11.6 Å². The van der Waals surface area contributed by atoms with Crippen LogP contribution < -0.4 is 5.56 Å². The largest absolute Gasteiger partial charge is 0.507 e. The minimum absolute atomic E-state index is 0.0101. The number of aromatic nitrogens is 1. The number of likely N-dealkylation sites (tertiary alicyclic amines) is 1. The van der Waals surface area contributed by atoms with E-state index in [1.54, 1.807) is 36.8 Å². The minimum Gasteiger partial charge on any atom is -0.507 e. The molecule has 0 unspecified atom stereocenters. The van der Waals surface area contributed by atoms with E-state index in [1.807, 2.05) is 0 Å². The predicted molar refractivity (Wildman–Crippen MR) is 107 cm³/mol. The molecular formula is C22H29FN2O3. The fraction of sp³-hybridized carbons (Fsp3) is 0.500. The molecule has 0 amide bonds. The number of hydrogen-bond donors (Lipinski definition) is 1. The fourth-order valence-electron chi connectivity index (χ4n) is 3.98. The molecule has 1 saturated heterocycles. The van der Waals surface area contributed by atoms with Crippen LogP contribution in [0.3, 0.4) is 0 Å². The Hall–Kier alpha value is -2.18. The van der Waals surface area contributed by atoms with E-state index in [4.69, 9.17) is 4.74 Å². The molecular weight excluding hydrogens is 359 g/mol. The lowest BCUT2D eigenvalue weighted by Gasteiger charge is -2.37. The van der Waals surface area contributed by atoms with Crippen LogP contribution in [0, 0.1) is 18.7 Å². The first-order chi connectivity index (χ1) is 13.4. The second-order valence-electron chi connectivity index (χ2n) is 7.71. The van der Waals surface area contributed by atoms with E-state index in [-0.39, 0.29) is 17.1 Å². The predicted octanol–water partition coefficient (Wildman–Crippen LogP) is 3.47. The van der Waals surface area contributed by atoms with Crippen LogP contribution in [0.2, 0.25) is 0 Å². The van der Waals surface area contributed by atoms with Gasteiger partial charge in [0, 0.05) is 19.3 Å². The normalized spacial score (nSPS) is 17.0. The highest BCUT2D eigenvalue weighted by atomic mass is 19.1. The molecule has 2 heterocycles. The standard InChI is InChI=1S/C22H29FN2O3/c1-15-8-10-24(11-9-15)21(17-4-6-18(23)7-5-17)20-19(26)14-16(2)25(22(20)27)12-13-28-3/h4-7,14-15,21,26H,8-13H2,1-3H3/t21-/m0/s1. The summed E-state index contributed by atoms with van der Waals surface area (Å²) in [4.78, 5) is 15.6. The van der Waals surface area contributed by atoms with Gasteiger partial charge in [-0.15, -0.1) is 0 Å². The third-order valence-electron chi connectivity index (χ3n) is 5.68. The van der Waals surface area contributed by atoms with Gasteiger partial charge in [0.25, 0.3) is 5.56 Å². The van der Waals surface area contributed by atoms with E-state index in [0.29, 0.717) is 30.3 Å². The lowest BCUT2D eigenvalue weighted by Crippen LogP contribution is -2.40. The number of pyridine rings is 1. The highest BCUT2D eigenvalue weighted by molar-refractivity contribution is 5.41. The monoisotopic (exact) mass is 388 g/mol. The second kappa shape index (κ2) is 8.88. The van der Waals surface area contributed by atoms with Gasteiger partial charge in [0.15, 0.2) is 0 Å². The highest BCUT2D eigenvalue weighted by Gasteiger charge is 2.31. The van der Waals surface area contributed by atoms with E-state index in [9.17, 15) is 14.3 Å². The zero-order valence-corrected chi connectivity index (χ0v) is 16.8. The van der Waals surface area contributed by atoms with Crippen molar-refractivity contribution in [2.24, 2.45) is 5.92 Å². The number of nitrogens with zero attached hydrogens (tertiary/aromatic N) is 2. The topological polar surface area (TPSA) is 54.7 Å². The number of piperidine rings is 1. The Morgan fingerprint density at radius 1 is 1.25 bits per heavy atom. The number of hydrogen-bond acceptors (Lipinski definition) is 4. The summed E-state index contributed by atoms with van der Waals surface area (Å²) in [6.07, 6.45) is 2.06. The van der Waals surface area contributed by atoms with Gasteiger partial charge in [-0.2, -0.15) is 0 Å². The van der Waals surface area contributed by atoms with Crippen molar-refractivity contribution in [3.63, 3.8) is 0 Å². The molecule has 5 nitrogen and oxygen atoms in total. The molecule has 0 saturated carbocycles. The molecule has 152 valence electrons. The molecule has 0 radical (unpaired) electrons. The molecule has 1 fully saturated rings. The van der Waals surface area contributed by atoms with Crippen LogP contribution in [0.4, 0.5) is 4.39 Å². The highest BCUT2D eigenvalue weighted by Crippen LogP contribution is 2.35. The van der Waals surface area contributed by atoms with E-state index in [0.717, 1.165) is 31.5 Å². The Kier molecular flexibility index (Phi) is 6.52. The van der Waals surface area contributed by atoms with Crippen molar-refractivity contribution in [1.29, 1.82) is 0 Å².